The summed E-state index contributed by atoms with van der Waals surface area (Å²) in [5.74, 6) is 4.94. The van der Waals surface area contributed by atoms with Crippen LogP contribution < -0.4 is 4.90 Å². The van der Waals surface area contributed by atoms with Crippen molar-refractivity contribution in [2.24, 2.45) is 11.3 Å². The Morgan fingerprint density at radius 2 is 2.00 bits per heavy atom. The van der Waals surface area contributed by atoms with Crippen LogP contribution in [0.1, 0.15) is 80.8 Å². The lowest BCUT2D eigenvalue weighted by atomic mass is 9.81. The number of morpholine rings is 1. The minimum Gasteiger partial charge on any atom is -0.477 e. The minimum absolute atomic E-state index is 0.0700. The number of carbonyl (C=O) groups excluding carboxylic acids is 1. The quantitative estimate of drug-likeness (QED) is 0.540. The van der Waals surface area contributed by atoms with E-state index in [4.69, 9.17) is 4.74 Å². The van der Waals surface area contributed by atoms with E-state index in [-0.39, 0.29) is 41.2 Å². The summed E-state index contributed by atoms with van der Waals surface area (Å²) < 4.78 is 6.03. The van der Waals surface area contributed by atoms with Gasteiger partial charge in [-0.15, -0.1) is 11.3 Å². The number of ether oxygens (including phenoxy) is 1. The van der Waals surface area contributed by atoms with E-state index in [2.05, 4.69) is 11.8 Å². The number of carbonyl (C=O) groups is 2. The summed E-state index contributed by atoms with van der Waals surface area (Å²) in [6, 6.07) is 1.42. The number of aliphatic hydroxyl groups is 2. The van der Waals surface area contributed by atoms with Crippen LogP contribution >= 0.6 is 11.3 Å². The van der Waals surface area contributed by atoms with Gasteiger partial charge in [-0.2, -0.15) is 0 Å². The highest BCUT2D eigenvalue weighted by Gasteiger charge is 2.49. The number of aliphatic hydroxyl groups excluding tert-OH is 2. The number of hydrogen-bond acceptors (Lipinski definition) is 6. The van der Waals surface area contributed by atoms with Gasteiger partial charge in [-0.1, -0.05) is 31.1 Å². The number of nitrogens with zero attached hydrogens (tertiary/aromatic N) is 1. The number of carboxylic acids is 1. The molecule has 3 rings (SSSR count). The molecular weight excluding hydrogens is 442 g/mol. The van der Waals surface area contributed by atoms with Crippen molar-refractivity contribution in [1.29, 1.82) is 0 Å². The monoisotopic (exact) mass is 477 g/mol. The van der Waals surface area contributed by atoms with Crippen LogP contribution in [0.2, 0.25) is 0 Å². The highest BCUT2D eigenvalue weighted by Crippen LogP contribution is 2.41. The minimum atomic E-state index is -1.36. The molecule has 1 saturated carbocycles. The third-order valence-corrected chi connectivity index (χ3v) is 7.36. The van der Waals surface area contributed by atoms with E-state index in [0.29, 0.717) is 10.6 Å². The molecule has 2 heterocycles. The summed E-state index contributed by atoms with van der Waals surface area (Å²) in [4.78, 5) is 28.3. The zero-order valence-corrected chi connectivity index (χ0v) is 20.7. The van der Waals surface area contributed by atoms with Crippen molar-refractivity contribution in [3.05, 3.63) is 15.8 Å². The summed E-state index contributed by atoms with van der Waals surface area (Å²) in [7, 11) is 0. The Morgan fingerprint density at radius 1 is 1.33 bits per heavy atom. The van der Waals surface area contributed by atoms with Crippen molar-refractivity contribution in [2.45, 2.75) is 84.0 Å². The molecule has 1 saturated heterocycles. The molecule has 0 radical (unpaired) electrons. The van der Waals surface area contributed by atoms with Crippen molar-refractivity contribution in [3.63, 3.8) is 0 Å². The molecule has 7 nitrogen and oxygen atoms in total. The van der Waals surface area contributed by atoms with Crippen LogP contribution in [0.15, 0.2) is 6.07 Å². The molecule has 1 aliphatic heterocycles. The van der Waals surface area contributed by atoms with Gasteiger partial charge in [-0.25, -0.2) is 4.79 Å². The Hall–Kier alpha value is -1.92. The largest absolute Gasteiger partial charge is 0.477 e. The zero-order chi connectivity index (χ0) is 24.4. The van der Waals surface area contributed by atoms with E-state index in [1.165, 1.54) is 0 Å². The maximum absolute atomic E-state index is 13.8. The molecule has 3 N–H and O–H groups in total. The second-order valence-corrected chi connectivity index (χ2v) is 11.4. The van der Waals surface area contributed by atoms with Gasteiger partial charge in [0.2, 0.25) is 0 Å². The van der Waals surface area contributed by atoms with Gasteiger partial charge in [0.05, 0.1) is 35.9 Å². The maximum Gasteiger partial charge on any atom is 0.348 e. The summed E-state index contributed by atoms with van der Waals surface area (Å²) >= 11 is 1.07. The second-order valence-electron chi connectivity index (χ2n) is 10.4. The number of anilines is 1. The van der Waals surface area contributed by atoms with Gasteiger partial charge in [0.1, 0.15) is 10.5 Å². The molecule has 0 spiro atoms. The summed E-state index contributed by atoms with van der Waals surface area (Å²) in [5, 5.41) is 29.3. The molecule has 1 aliphatic carbocycles. The predicted octanol–water partition coefficient (Wildman–Crippen LogP) is 3.66. The van der Waals surface area contributed by atoms with Gasteiger partial charge < -0.3 is 25.0 Å². The van der Waals surface area contributed by atoms with E-state index in [1.807, 2.05) is 20.8 Å². The van der Waals surface area contributed by atoms with Crippen molar-refractivity contribution in [2.75, 3.05) is 18.1 Å². The fourth-order valence-electron chi connectivity index (χ4n) is 4.65. The van der Waals surface area contributed by atoms with Gasteiger partial charge in [-0.05, 0) is 52.5 Å². The standard InChI is InChI=1S/C25H35NO6S/c1-24(2,3)11-10-18-12-19(21(33-18)22(29)30)26-20(16-8-6-5-7-9-16)15-32-25(4,23(26)31)13-17(28)14-27/h12,16-17,20,27-28H,5-9,13-15H2,1-4H3,(H,29,30). The van der Waals surface area contributed by atoms with Crippen LogP contribution in [-0.2, 0) is 9.53 Å². The topological polar surface area (TPSA) is 107 Å². The first-order valence-corrected chi connectivity index (χ1v) is 12.4. The molecule has 3 unspecified atom stereocenters. The van der Waals surface area contributed by atoms with Crippen LogP contribution in [0.4, 0.5) is 5.69 Å². The number of amides is 1. The van der Waals surface area contributed by atoms with E-state index >= 15 is 0 Å². The van der Waals surface area contributed by atoms with E-state index in [9.17, 15) is 24.9 Å². The number of rotatable bonds is 6. The van der Waals surface area contributed by atoms with Crippen molar-refractivity contribution in [3.8, 4) is 11.8 Å². The molecule has 3 atom stereocenters. The molecule has 8 heteroatoms. The molecule has 33 heavy (non-hydrogen) atoms. The Balaban J connectivity index is 2.08. The van der Waals surface area contributed by atoms with Gasteiger partial charge >= 0.3 is 5.97 Å². The van der Waals surface area contributed by atoms with E-state index in [1.54, 1.807) is 17.9 Å². The van der Waals surface area contributed by atoms with Gasteiger partial charge in [0, 0.05) is 11.8 Å². The lowest BCUT2D eigenvalue weighted by Crippen LogP contribution is -2.63. The van der Waals surface area contributed by atoms with Crippen molar-refractivity contribution in [1.82, 2.24) is 0 Å². The SMILES string of the molecule is CC(C)(C)C#Cc1cc(N2C(=O)C(C)(CC(O)CO)OCC2C2CCCCC2)c(C(=O)O)s1. The first-order chi connectivity index (χ1) is 15.4. The third kappa shape index (κ3) is 5.96. The molecule has 0 aromatic carbocycles. The Morgan fingerprint density at radius 3 is 2.58 bits per heavy atom. The van der Waals surface area contributed by atoms with Crippen molar-refractivity contribution >= 4 is 28.9 Å². The predicted molar refractivity (Wildman–Crippen MR) is 128 cm³/mol. The zero-order valence-electron chi connectivity index (χ0n) is 19.9. The Bertz CT molecular complexity index is 933. The first-order valence-electron chi connectivity index (χ1n) is 11.6. The van der Waals surface area contributed by atoms with E-state index < -0.39 is 24.3 Å². The van der Waals surface area contributed by atoms with Crippen LogP contribution in [0.5, 0.6) is 0 Å². The number of thiophene rings is 1. The fourth-order valence-corrected chi connectivity index (χ4v) is 5.49. The van der Waals surface area contributed by atoms with Crippen LogP contribution in [0, 0.1) is 23.2 Å². The van der Waals surface area contributed by atoms with Crippen LogP contribution in [-0.4, -0.2) is 58.2 Å². The molecule has 2 fully saturated rings. The lowest BCUT2D eigenvalue weighted by Gasteiger charge is -2.48. The maximum atomic E-state index is 13.8. The van der Waals surface area contributed by atoms with Crippen molar-refractivity contribution < 1.29 is 29.6 Å². The Kier molecular flexibility index (Phi) is 7.90. The van der Waals surface area contributed by atoms with Gasteiger partial charge in [0.15, 0.2) is 0 Å². The number of carboxylic acid groups (broad SMARTS) is 1. The highest BCUT2D eigenvalue weighted by molar-refractivity contribution is 7.15. The third-order valence-electron chi connectivity index (χ3n) is 6.33. The van der Waals surface area contributed by atoms with Gasteiger partial charge in [0.25, 0.3) is 5.91 Å². The van der Waals surface area contributed by atoms with E-state index in [0.717, 1.165) is 43.4 Å². The lowest BCUT2D eigenvalue weighted by molar-refractivity contribution is -0.158. The molecular formula is C25H35NO6S. The smallest absolute Gasteiger partial charge is 0.348 e. The first kappa shape index (κ1) is 25.7. The summed E-state index contributed by atoms with van der Waals surface area (Å²) in [6.45, 7) is 7.32. The molecule has 1 aromatic heterocycles. The Labute approximate surface area is 199 Å². The van der Waals surface area contributed by atoms with Crippen LogP contribution in [0.25, 0.3) is 0 Å². The number of aromatic carboxylic acids is 1. The molecule has 1 amide bonds. The van der Waals surface area contributed by atoms with Gasteiger partial charge in [-0.3, -0.25) is 4.79 Å². The normalized spacial score (nSPS) is 25.5. The highest BCUT2D eigenvalue weighted by atomic mass is 32.1. The molecule has 2 aliphatic rings. The van der Waals surface area contributed by atoms with Crippen LogP contribution in [0.3, 0.4) is 0 Å². The fraction of sp³-hybridized carbons (Fsp3) is 0.680. The molecule has 182 valence electrons. The average molecular weight is 478 g/mol. The second kappa shape index (κ2) is 10.1. The summed E-state index contributed by atoms with van der Waals surface area (Å²) in [6.07, 6.45) is 4.03. The molecule has 0 bridgehead atoms. The number of hydrogen-bond donors (Lipinski definition) is 3. The summed E-state index contributed by atoms with van der Waals surface area (Å²) in [5.41, 5.74) is -1.26. The molecule has 1 aromatic rings. The average Bonchev–Trinajstić information content (AvgIpc) is 3.18.